The van der Waals surface area contributed by atoms with E-state index in [1.54, 1.807) is 0 Å². The van der Waals surface area contributed by atoms with Crippen LogP contribution in [0.25, 0.3) is 0 Å². The first kappa shape index (κ1) is 42.4. The van der Waals surface area contributed by atoms with Crippen molar-refractivity contribution in [1.29, 1.82) is 0 Å². The van der Waals surface area contributed by atoms with Crippen molar-refractivity contribution in [3.8, 4) is 17.2 Å². The normalized spacial score (nSPS) is 11.3. The van der Waals surface area contributed by atoms with E-state index in [-0.39, 0.29) is 0 Å². The lowest BCUT2D eigenvalue weighted by Crippen LogP contribution is -2.15. The number of aryl methyl sites for hydroxylation is 1. The van der Waals surface area contributed by atoms with Gasteiger partial charge in [0.2, 0.25) is 5.75 Å². The molecule has 0 aliphatic carbocycles. The van der Waals surface area contributed by atoms with Crippen LogP contribution in [-0.2, 0) is 28.4 Å². The van der Waals surface area contributed by atoms with Gasteiger partial charge in [-0.15, -0.1) is 0 Å². The van der Waals surface area contributed by atoms with Gasteiger partial charge in [0.25, 0.3) is 0 Å². The highest BCUT2D eigenvalue weighted by Crippen LogP contribution is 2.39. The molecule has 0 aliphatic heterocycles. The zero-order chi connectivity index (χ0) is 33.2. The van der Waals surface area contributed by atoms with E-state index in [4.69, 9.17) is 42.6 Å². The molecule has 0 bridgehead atoms. The third kappa shape index (κ3) is 25.5. The topological polar surface area (TPSA) is 83.1 Å². The highest BCUT2D eigenvalue weighted by atomic mass is 16.6. The number of benzene rings is 1. The van der Waals surface area contributed by atoms with Crippen LogP contribution in [0.5, 0.6) is 17.2 Å². The van der Waals surface area contributed by atoms with Gasteiger partial charge in [0, 0.05) is 19.8 Å². The Labute approximate surface area is 281 Å². The van der Waals surface area contributed by atoms with Gasteiger partial charge >= 0.3 is 0 Å². The minimum absolute atomic E-state index is 0.366. The SMILES string of the molecule is CCCCCCOCCOCCOc1cc(C)cc(OCCOCCOCCCCCC)c1OCCOCCOCCCCCC. The summed E-state index contributed by atoms with van der Waals surface area (Å²) in [6.45, 7) is 16.9. The van der Waals surface area contributed by atoms with Crippen molar-refractivity contribution in [3.63, 3.8) is 0 Å². The second kappa shape index (κ2) is 33.3. The van der Waals surface area contributed by atoms with Crippen LogP contribution in [0.3, 0.4) is 0 Å². The van der Waals surface area contributed by atoms with Gasteiger partial charge in [0.05, 0.1) is 59.5 Å². The van der Waals surface area contributed by atoms with Gasteiger partial charge < -0.3 is 42.6 Å². The van der Waals surface area contributed by atoms with Gasteiger partial charge in [0.1, 0.15) is 19.8 Å². The molecular weight excluding hydrogens is 588 g/mol. The van der Waals surface area contributed by atoms with Crippen LogP contribution in [0, 0.1) is 6.92 Å². The predicted octanol–water partition coefficient (Wildman–Crippen LogP) is 7.97. The van der Waals surface area contributed by atoms with Gasteiger partial charge in [-0.1, -0.05) is 78.6 Å². The summed E-state index contributed by atoms with van der Waals surface area (Å²) in [5, 5.41) is 0. The van der Waals surface area contributed by atoms with E-state index < -0.39 is 0 Å². The fraction of sp³-hybridized carbons (Fsp3) is 0.838. The number of hydrogen-bond acceptors (Lipinski definition) is 9. The average molecular weight is 657 g/mol. The summed E-state index contributed by atoms with van der Waals surface area (Å²) in [6.07, 6.45) is 14.5. The molecule has 0 N–H and O–H groups in total. The summed E-state index contributed by atoms with van der Waals surface area (Å²) in [4.78, 5) is 0. The van der Waals surface area contributed by atoms with Crippen LogP contribution < -0.4 is 14.2 Å². The smallest absolute Gasteiger partial charge is 0.203 e. The Morgan fingerprint density at radius 2 is 0.652 bits per heavy atom. The molecule has 0 aliphatic rings. The second-order valence-corrected chi connectivity index (χ2v) is 11.5. The number of unbranched alkanes of at least 4 members (excludes halogenated alkanes) is 9. The van der Waals surface area contributed by atoms with Crippen LogP contribution in [0.15, 0.2) is 12.1 Å². The number of ether oxygens (including phenoxy) is 9. The first-order chi connectivity index (χ1) is 22.7. The maximum Gasteiger partial charge on any atom is 0.203 e. The molecule has 0 aromatic heterocycles. The molecule has 1 aromatic carbocycles. The molecule has 0 radical (unpaired) electrons. The minimum Gasteiger partial charge on any atom is -0.487 e. The van der Waals surface area contributed by atoms with Crippen molar-refractivity contribution in [2.45, 2.75) is 105 Å². The van der Waals surface area contributed by atoms with E-state index in [2.05, 4.69) is 20.8 Å². The molecule has 0 heterocycles. The highest BCUT2D eigenvalue weighted by molar-refractivity contribution is 5.53. The third-order valence-corrected chi connectivity index (χ3v) is 7.15. The molecule has 0 amide bonds. The molecule has 0 saturated carbocycles. The third-order valence-electron chi connectivity index (χ3n) is 7.15. The van der Waals surface area contributed by atoms with Crippen molar-refractivity contribution < 1.29 is 42.6 Å². The summed E-state index contributed by atoms with van der Waals surface area (Å²) in [5.41, 5.74) is 1.01. The Kier molecular flexibility index (Phi) is 30.7. The lowest BCUT2D eigenvalue weighted by Gasteiger charge is -2.18. The molecule has 1 rings (SSSR count). The molecule has 0 unspecified atom stereocenters. The van der Waals surface area contributed by atoms with Crippen molar-refractivity contribution in [2.24, 2.45) is 0 Å². The van der Waals surface area contributed by atoms with Gasteiger partial charge in [-0.3, -0.25) is 0 Å². The lowest BCUT2D eigenvalue weighted by atomic mass is 10.2. The van der Waals surface area contributed by atoms with Gasteiger partial charge in [0.15, 0.2) is 11.5 Å². The second-order valence-electron chi connectivity index (χ2n) is 11.5. The van der Waals surface area contributed by atoms with Crippen LogP contribution >= 0.6 is 0 Å². The van der Waals surface area contributed by atoms with Crippen LogP contribution in [0.1, 0.15) is 103 Å². The Morgan fingerprint density at radius 1 is 0.348 bits per heavy atom. The lowest BCUT2D eigenvalue weighted by molar-refractivity contribution is 0.0299. The van der Waals surface area contributed by atoms with E-state index in [9.17, 15) is 0 Å². The Hall–Kier alpha value is -1.62. The van der Waals surface area contributed by atoms with Crippen LogP contribution in [0.4, 0.5) is 0 Å². The van der Waals surface area contributed by atoms with E-state index in [1.165, 1.54) is 57.8 Å². The monoisotopic (exact) mass is 656 g/mol. The molecule has 0 atom stereocenters. The predicted molar refractivity (Wildman–Crippen MR) is 185 cm³/mol. The number of hydrogen-bond donors (Lipinski definition) is 0. The van der Waals surface area contributed by atoms with Gasteiger partial charge in [-0.25, -0.2) is 0 Å². The zero-order valence-corrected chi connectivity index (χ0v) is 29.9. The molecule has 46 heavy (non-hydrogen) atoms. The molecule has 1 aromatic rings. The zero-order valence-electron chi connectivity index (χ0n) is 29.9. The first-order valence-electron chi connectivity index (χ1n) is 18.2. The highest BCUT2D eigenvalue weighted by Gasteiger charge is 2.15. The van der Waals surface area contributed by atoms with Crippen molar-refractivity contribution in [2.75, 3.05) is 99.1 Å². The Bertz CT molecular complexity index is 730. The molecule has 0 fully saturated rings. The Morgan fingerprint density at radius 3 is 1.00 bits per heavy atom. The summed E-state index contributed by atoms with van der Waals surface area (Å²) in [7, 11) is 0. The maximum absolute atomic E-state index is 6.16. The average Bonchev–Trinajstić information content (AvgIpc) is 3.05. The van der Waals surface area contributed by atoms with E-state index in [0.29, 0.717) is 96.5 Å². The molecule has 0 saturated heterocycles. The minimum atomic E-state index is 0.366. The first-order valence-corrected chi connectivity index (χ1v) is 18.2. The summed E-state index contributed by atoms with van der Waals surface area (Å²) < 4.78 is 52.5. The van der Waals surface area contributed by atoms with Crippen molar-refractivity contribution >= 4 is 0 Å². The fourth-order valence-corrected chi connectivity index (χ4v) is 4.55. The number of rotatable bonds is 36. The van der Waals surface area contributed by atoms with Gasteiger partial charge in [-0.2, -0.15) is 0 Å². The fourth-order valence-electron chi connectivity index (χ4n) is 4.55. The van der Waals surface area contributed by atoms with Crippen LogP contribution in [-0.4, -0.2) is 99.1 Å². The largest absolute Gasteiger partial charge is 0.487 e. The van der Waals surface area contributed by atoms with Crippen LogP contribution in [0.2, 0.25) is 0 Å². The van der Waals surface area contributed by atoms with Crippen molar-refractivity contribution in [1.82, 2.24) is 0 Å². The van der Waals surface area contributed by atoms with E-state index >= 15 is 0 Å². The molecular formula is C37H68O9. The molecule has 0 spiro atoms. The quantitative estimate of drug-likeness (QED) is 0.0668. The molecule has 9 heteroatoms. The van der Waals surface area contributed by atoms with Crippen molar-refractivity contribution in [3.05, 3.63) is 17.7 Å². The summed E-state index contributed by atoms with van der Waals surface area (Å²) >= 11 is 0. The molecule has 270 valence electrons. The van der Waals surface area contributed by atoms with E-state index in [1.807, 2.05) is 19.1 Å². The summed E-state index contributed by atoms with van der Waals surface area (Å²) in [5.74, 6) is 1.81. The standard InChI is InChI=1S/C37H68O9/c1-5-8-11-14-17-38-20-23-41-26-29-44-35-32-34(4)33-36(45-30-27-42-24-21-39-18-15-12-9-6-2)37(35)46-31-28-43-25-22-40-19-16-13-10-7-3/h32-33H,5-31H2,1-4H3. The maximum atomic E-state index is 6.16. The van der Waals surface area contributed by atoms with Gasteiger partial charge in [-0.05, 0) is 43.9 Å². The molecule has 9 nitrogen and oxygen atoms in total. The summed E-state index contributed by atoms with van der Waals surface area (Å²) in [6, 6.07) is 3.92. The van der Waals surface area contributed by atoms with E-state index in [0.717, 1.165) is 44.6 Å². The Balaban J connectivity index is 2.47.